The SMILES string of the molecule is NCCS.O=C(O)CCC(=O)OC(=O)OCC1c2ccccc2-c2ccccc21. The van der Waals surface area contributed by atoms with Crippen LogP contribution in [0.2, 0.25) is 0 Å². The third-order valence-corrected chi connectivity index (χ3v) is 4.46. The molecule has 8 heteroatoms. The van der Waals surface area contributed by atoms with E-state index in [2.05, 4.69) is 17.4 Å². The highest BCUT2D eigenvalue weighted by atomic mass is 32.1. The molecule has 3 N–H and O–H groups in total. The van der Waals surface area contributed by atoms with Crippen LogP contribution in [0.4, 0.5) is 4.79 Å². The summed E-state index contributed by atoms with van der Waals surface area (Å²) in [5, 5.41) is 8.51. The lowest BCUT2D eigenvalue weighted by molar-refractivity contribution is -0.145. The van der Waals surface area contributed by atoms with Gasteiger partial charge in [-0.15, -0.1) is 0 Å². The smallest absolute Gasteiger partial charge is 0.481 e. The molecule has 1 aliphatic rings. The molecule has 0 saturated carbocycles. The molecule has 0 unspecified atom stereocenters. The summed E-state index contributed by atoms with van der Waals surface area (Å²) in [6.45, 7) is 0.724. The largest absolute Gasteiger partial charge is 0.516 e. The minimum atomic E-state index is -1.13. The summed E-state index contributed by atoms with van der Waals surface area (Å²) < 4.78 is 9.56. The summed E-state index contributed by atoms with van der Waals surface area (Å²) in [6, 6.07) is 15.7. The van der Waals surface area contributed by atoms with Gasteiger partial charge < -0.3 is 20.3 Å². The second-order valence-electron chi connectivity index (χ2n) is 6.17. The Kier molecular flexibility index (Phi) is 8.69. The van der Waals surface area contributed by atoms with Crippen molar-refractivity contribution in [3.63, 3.8) is 0 Å². The number of aliphatic carboxylic acids is 1. The first-order valence-corrected chi connectivity index (χ1v) is 9.69. The van der Waals surface area contributed by atoms with Gasteiger partial charge >= 0.3 is 18.1 Å². The average Bonchev–Trinajstić information content (AvgIpc) is 3.05. The molecule has 0 heterocycles. The molecule has 0 bridgehead atoms. The lowest BCUT2D eigenvalue weighted by Gasteiger charge is -2.13. The van der Waals surface area contributed by atoms with Gasteiger partial charge in [-0.3, -0.25) is 9.59 Å². The molecule has 7 nitrogen and oxygen atoms in total. The Morgan fingerprint density at radius 3 is 1.97 bits per heavy atom. The Morgan fingerprint density at radius 2 is 1.48 bits per heavy atom. The number of carboxylic acids is 1. The fraction of sp³-hybridized carbons (Fsp3) is 0.286. The predicted octanol–water partition coefficient (Wildman–Crippen LogP) is 3.22. The predicted molar refractivity (Wildman–Crippen MR) is 111 cm³/mol. The summed E-state index contributed by atoms with van der Waals surface area (Å²) in [4.78, 5) is 33.4. The topological polar surface area (TPSA) is 116 Å². The number of carbonyl (C=O) groups excluding carboxylic acids is 2. The van der Waals surface area contributed by atoms with Crippen LogP contribution in [0.1, 0.15) is 29.9 Å². The van der Waals surface area contributed by atoms with Gasteiger partial charge in [0.1, 0.15) is 6.61 Å². The van der Waals surface area contributed by atoms with Gasteiger partial charge in [0.15, 0.2) is 0 Å². The number of carboxylic acid groups (broad SMARTS) is 1. The molecule has 2 aromatic carbocycles. The zero-order chi connectivity index (χ0) is 21.2. The number of esters is 1. The van der Waals surface area contributed by atoms with Crippen LogP contribution in [-0.2, 0) is 19.1 Å². The van der Waals surface area contributed by atoms with E-state index >= 15 is 0 Å². The van der Waals surface area contributed by atoms with Crippen molar-refractivity contribution in [2.75, 3.05) is 18.9 Å². The van der Waals surface area contributed by atoms with Crippen LogP contribution in [0.15, 0.2) is 48.5 Å². The Bertz CT molecular complexity index is 822. The van der Waals surface area contributed by atoms with Crippen molar-refractivity contribution in [3.05, 3.63) is 59.7 Å². The zero-order valence-corrected chi connectivity index (χ0v) is 16.6. The molecule has 1 aliphatic carbocycles. The molecule has 0 saturated heterocycles. The highest BCUT2D eigenvalue weighted by molar-refractivity contribution is 7.80. The first-order chi connectivity index (χ1) is 14.0. The van der Waals surface area contributed by atoms with E-state index in [9.17, 15) is 14.4 Å². The van der Waals surface area contributed by atoms with Crippen molar-refractivity contribution in [1.82, 2.24) is 0 Å². The Labute approximate surface area is 174 Å². The number of fused-ring (bicyclic) bond motifs is 3. The fourth-order valence-corrected chi connectivity index (χ4v) is 2.97. The zero-order valence-electron chi connectivity index (χ0n) is 15.7. The van der Waals surface area contributed by atoms with Crippen LogP contribution in [0.3, 0.4) is 0 Å². The Morgan fingerprint density at radius 1 is 0.966 bits per heavy atom. The van der Waals surface area contributed by atoms with E-state index in [1.807, 2.05) is 48.5 Å². The standard InChI is InChI=1S/C19H16O6.C2H7NS/c20-17(21)9-10-18(22)25-19(23)24-11-16-14-7-3-1-5-12(14)13-6-2-4-8-15(13)16;3-1-2-4/h1-8,16H,9-11H2,(H,20,21);4H,1-3H2. The molecule has 0 fully saturated rings. The normalized spacial score (nSPS) is 11.5. The monoisotopic (exact) mass is 417 g/mol. The maximum Gasteiger partial charge on any atom is 0.516 e. The van der Waals surface area contributed by atoms with Crippen LogP contribution in [0, 0.1) is 0 Å². The number of thiol groups is 1. The number of rotatable bonds is 6. The van der Waals surface area contributed by atoms with Crippen molar-refractivity contribution >= 4 is 30.7 Å². The number of benzene rings is 2. The number of nitrogens with two attached hydrogens (primary N) is 1. The molecule has 0 atom stereocenters. The van der Waals surface area contributed by atoms with E-state index in [1.54, 1.807) is 0 Å². The molecule has 0 amide bonds. The highest BCUT2D eigenvalue weighted by Gasteiger charge is 2.29. The maximum absolute atomic E-state index is 11.7. The third kappa shape index (κ3) is 6.33. The summed E-state index contributed by atoms with van der Waals surface area (Å²) in [6.07, 6.45) is -1.88. The van der Waals surface area contributed by atoms with E-state index in [0.717, 1.165) is 28.0 Å². The molecule has 2 aromatic rings. The molecule has 3 rings (SSSR count). The van der Waals surface area contributed by atoms with Gasteiger partial charge in [-0.25, -0.2) is 4.79 Å². The van der Waals surface area contributed by atoms with Crippen LogP contribution in [0.5, 0.6) is 0 Å². The number of carbonyl (C=O) groups is 3. The van der Waals surface area contributed by atoms with E-state index in [-0.39, 0.29) is 18.9 Å². The molecular formula is C21H23NO6S. The number of hydrogen-bond donors (Lipinski definition) is 3. The second-order valence-corrected chi connectivity index (χ2v) is 6.62. The highest BCUT2D eigenvalue weighted by Crippen LogP contribution is 2.44. The molecule has 0 aromatic heterocycles. The minimum Gasteiger partial charge on any atom is -0.481 e. The van der Waals surface area contributed by atoms with Crippen LogP contribution < -0.4 is 5.73 Å². The van der Waals surface area contributed by atoms with Crippen molar-refractivity contribution in [2.24, 2.45) is 5.73 Å². The van der Waals surface area contributed by atoms with Crippen molar-refractivity contribution < 1.29 is 29.0 Å². The molecular weight excluding hydrogens is 394 g/mol. The minimum absolute atomic E-state index is 0.0407. The lowest BCUT2D eigenvalue weighted by atomic mass is 9.98. The summed E-state index contributed by atoms with van der Waals surface area (Å²) in [7, 11) is 0. The van der Waals surface area contributed by atoms with E-state index in [0.29, 0.717) is 6.54 Å². The maximum atomic E-state index is 11.7. The van der Waals surface area contributed by atoms with Gasteiger partial charge in [0.25, 0.3) is 0 Å². The number of ether oxygens (including phenoxy) is 2. The Balaban J connectivity index is 0.000000687. The quantitative estimate of drug-likeness (QED) is 0.375. The van der Waals surface area contributed by atoms with Gasteiger partial charge in [0.2, 0.25) is 0 Å². The van der Waals surface area contributed by atoms with Gasteiger partial charge in [-0.2, -0.15) is 12.6 Å². The first kappa shape index (κ1) is 22.4. The van der Waals surface area contributed by atoms with E-state index in [1.165, 1.54) is 0 Å². The van der Waals surface area contributed by atoms with Crippen molar-refractivity contribution in [1.29, 1.82) is 0 Å². The van der Waals surface area contributed by atoms with Gasteiger partial charge in [-0.05, 0) is 22.3 Å². The van der Waals surface area contributed by atoms with Gasteiger partial charge in [0, 0.05) is 18.2 Å². The van der Waals surface area contributed by atoms with Crippen LogP contribution in [0.25, 0.3) is 11.1 Å². The first-order valence-electron chi connectivity index (χ1n) is 9.06. The average molecular weight is 417 g/mol. The van der Waals surface area contributed by atoms with Gasteiger partial charge in [0.05, 0.1) is 12.8 Å². The van der Waals surface area contributed by atoms with Crippen molar-refractivity contribution in [2.45, 2.75) is 18.8 Å². The summed E-state index contributed by atoms with van der Waals surface area (Å²) in [5.74, 6) is -1.39. The Hall–Kier alpha value is -2.84. The van der Waals surface area contributed by atoms with Crippen LogP contribution in [-0.4, -0.2) is 42.1 Å². The van der Waals surface area contributed by atoms with Gasteiger partial charge in [-0.1, -0.05) is 48.5 Å². The third-order valence-electron chi connectivity index (χ3n) is 4.20. The lowest BCUT2D eigenvalue weighted by Crippen LogP contribution is -2.17. The molecule has 154 valence electrons. The van der Waals surface area contributed by atoms with Crippen LogP contribution >= 0.6 is 12.6 Å². The second kappa shape index (κ2) is 11.2. The molecule has 0 spiro atoms. The molecule has 0 radical (unpaired) electrons. The summed E-state index contributed by atoms with van der Waals surface area (Å²) >= 11 is 3.80. The molecule has 29 heavy (non-hydrogen) atoms. The van der Waals surface area contributed by atoms with E-state index in [4.69, 9.17) is 15.6 Å². The number of hydrogen-bond acceptors (Lipinski definition) is 7. The van der Waals surface area contributed by atoms with E-state index < -0.39 is 24.5 Å². The van der Waals surface area contributed by atoms with Crippen molar-refractivity contribution in [3.8, 4) is 11.1 Å². The fourth-order valence-electron chi connectivity index (χ4n) is 2.97. The molecule has 0 aliphatic heterocycles. The summed E-state index contributed by atoms with van der Waals surface area (Å²) in [5.41, 5.74) is 9.24.